The Labute approximate surface area is 116 Å². The van der Waals surface area contributed by atoms with Gasteiger partial charge in [0, 0.05) is 12.3 Å². The molecule has 0 bridgehead atoms. The summed E-state index contributed by atoms with van der Waals surface area (Å²) in [6, 6.07) is 7.15. The number of rotatable bonds is 1. The van der Waals surface area contributed by atoms with Gasteiger partial charge in [0.05, 0.1) is 22.6 Å². The quantitative estimate of drug-likeness (QED) is 0.697. The minimum absolute atomic E-state index is 0.0171. The molecule has 1 N–H and O–H groups in total. The van der Waals surface area contributed by atoms with Crippen LogP contribution < -0.4 is 0 Å². The van der Waals surface area contributed by atoms with Gasteiger partial charge in [0.25, 0.3) is 0 Å². The predicted molar refractivity (Wildman–Crippen MR) is 72.8 cm³/mol. The van der Waals surface area contributed by atoms with E-state index in [-0.39, 0.29) is 10.8 Å². The van der Waals surface area contributed by atoms with Crippen molar-refractivity contribution in [1.29, 1.82) is 0 Å². The summed E-state index contributed by atoms with van der Waals surface area (Å²) in [6.07, 6.45) is 3.32. The van der Waals surface area contributed by atoms with Crippen molar-refractivity contribution in [3.63, 3.8) is 0 Å². The molecule has 0 atom stereocenters. The molecule has 0 aliphatic carbocycles. The number of aromatic nitrogens is 3. The molecule has 18 heavy (non-hydrogen) atoms. The summed E-state index contributed by atoms with van der Waals surface area (Å²) < 4.78 is 2.54. The Balaban J connectivity index is 2.27. The van der Waals surface area contributed by atoms with Gasteiger partial charge >= 0.3 is 0 Å². The van der Waals surface area contributed by atoms with Gasteiger partial charge in [-0.05, 0) is 28.1 Å². The molecule has 0 unspecified atom stereocenters. The molecule has 0 spiro atoms. The van der Waals surface area contributed by atoms with Gasteiger partial charge in [0.1, 0.15) is 16.0 Å². The maximum atomic E-state index is 9.53. The van der Waals surface area contributed by atoms with E-state index < -0.39 is 0 Å². The highest BCUT2D eigenvalue weighted by molar-refractivity contribution is 9.10. The van der Waals surface area contributed by atoms with Crippen LogP contribution in [0.2, 0.25) is 5.02 Å². The van der Waals surface area contributed by atoms with Crippen molar-refractivity contribution in [2.75, 3.05) is 0 Å². The van der Waals surface area contributed by atoms with E-state index in [9.17, 15) is 5.11 Å². The first-order valence-electron chi connectivity index (χ1n) is 5.13. The number of hydrogen-bond acceptors (Lipinski definition) is 3. The largest absolute Gasteiger partial charge is 0.506 e. The number of aromatic hydroxyl groups is 1. The minimum atomic E-state index is 0.0171. The number of pyridine rings is 2. The topological polar surface area (TPSA) is 50.4 Å². The van der Waals surface area contributed by atoms with Gasteiger partial charge in [-0.15, -0.1) is 0 Å². The summed E-state index contributed by atoms with van der Waals surface area (Å²) in [5.74, 6) is 0.0171. The molecule has 0 fully saturated rings. The predicted octanol–water partition coefficient (Wildman–Crippen LogP) is 3.52. The molecular weight excluding hydrogens is 318 g/mol. The Bertz CT molecular complexity index is 741. The van der Waals surface area contributed by atoms with E-state index in [1.165, 1.54) is 6.07 Å². The molecule has 4 nitrogen and oxygen atoms in total. The van der Waals surface area contributed by atoms with E-state index in [2.05, 4.69) is 25.9 Å². The Kier molecular flexibility index (Phi) is 2.72. The third-order valence-electron chi connectivity index (χ3n) is 2.56. The molecule has 0 aliphatic heterocycles. The van der Waals surface area contributed by atoms with Crippen LogP contribution in [-0.2, 0) is 0 Å². The van der Waals surface area contributed by atoms with Gasteiger partial charge in [-0.3, -0.25) is 4.40 Å². The van der Waals surface area contributed by atoms with Crippen LogP contribution in [0.15, 0.2) is 41.3 Å². The third kappa shape index (κ3) is 1.85. The fourth-order valence-electron chi connectivity index (χ4n) is 1.73. The lowest BCUT2D eigenvalue weighted by Crippen LogP contribution is -1.90. The fraction of sp³-hybridized carbons (Fsp3) is 0. The van der Waals surface area contributed by atoms with E-state index >= 15 is 0 Å². The molecule has 3 aromatic rings. The summed E-state index contributed by atoms with van der Waals surface area (Å²) in [6.45, 7) is 0. The van der Waals surface area contributed by atoms with Crippen molar-refractivity contribution < 1.29 is 5.11 Å². The van der Waals surface area contributed by atoms with Gasteiger partial charge in [-0.1, -0.05) is 17.7 Å². The zero-order chi connectivity index (χ0) is 12.7. The Morgan fingerprint density at radius 3 is 2.94 bits per heavy atom. The van der Waals surface area contributed by atoms with E-state index in [0.717, 1.165) is 16.0 Å². The van der Waals surface area contributed by atoms with Crippen LogP contribution in [0, 0.1) is 0 Å². The molecule has 3 aromatic heterocycles. The van der Waals surface area contributed by atoms with E-state index in [1.54, 1.807) is 16.8 Å². The van der Waals surface area contributed by atoms with Crippen molar-refractivity contribution in [1.82, 2.24) is 14.4 Å². The van der Waals surface area contributed by atoms with Crippen LogP contribution in [0.4, 0.5) is 0 Å². The molecular formula is C12H7BrClN3O. The van der Waals surface area contributed by atoms with Gasteiger partial charge in [0.15, 0.2) is 0 Å². The molecule has 90 valence electrons. The zero-order valence-electron chi connectivity index (χ0n) is 9.01. The van der Waals surface area contributed by atoms with Crippen molar-refractivity contribution in [3.8, 4) is 17.1 Å². The molecule has 0 saturated heterocycles. The summed E-state index contributed by atoms with van der Waals surface area (Å²) in [5.41, 5.74) is 2.21. The molecule has 0 aliphatic rings. The first-order valence-corrected chi connectivity index (χ1v) is 6.31. The zero-order valence-corrected chi connectivity index (χ0v) is 11.4. The number of nitrogens with zero attached hydrogens (tertiary/aromatic N) is 3. The van der Waals surface area contributed by atoms with Crippen molar-refractivity contribution in [3.05, 3.63) is 46.3 Å². The van der Waals surface area contributed by atoms with Crippen LogP contribution in [0.25, 0.3) is 17.0 Å². The monoisotopic (exact) mass is 323 g/mol. The average molecular weight is 325 g/mol. The van der Waals surface area contributed by atoms with Crippen LogP contribution in [0.3, 0.4) is 0 Å². The summed E-state index contributed by atoms with van der Waals surface area (Å²) in [7, 11) is 0. The molecule has 0 saturated carbocycles. The van der Waals surface area contributed by atoms with E-state index in [1.807, 2.05) is 18.2 Å². The molecule has 0 aromatic carbocycles. The van der Waals surface area contributed by atoms with Gasteiger partial charge < -0.3 is 5.11 Å². The Morgan fingerprint density at radius 1 is 1.33 bits per heavy atom. The van der Waals surface area contributed by atoms with Gasteiger partial charge in [-0.25, -0.2) is 9.97 Å². The number of hydrogen-bond donors (Lipinski definition) is 1. The summed E-state index contributed by atoms with van der Waals surface area (Å²) in [5, 5.41) is 9.81. The second-order valence-electron chi connectivity index (χ2n) is 3.72. The first-order chi connectivity index (χ1) is 8.65. The second-order valence-corrected chi connectivity index (χ2v) is 4.94. The van der Waals surface area contributed by atoms with E-state index in [4.69, 9.17) is 11.6 Å². The maximum Gasteiger partial charge on any atom is 0.141 e. The summed E-state index contributed by atoms with van der Waals surface area (Å²) >= 11 is 9.24. The third-order valence-corrected chi connectivity index (χ3v) is 3.29. The molecule has 3 heterocycles. The SMILES string of the molecule is Oc1cc2ncc(-c3cccc(Br)n3)n2cc1Cl. The average Bonchev–Trinajstić information content (AvgIpc) is 2.73. The van der Waals surface area contributed by atoms with Crippen molar-refractivity contribution >= 4 is 33.2 Å². The van der Waals surface area contributed by atoms with Crippen LogP contribution >= 0.6 is 27.5 Å². The normalized spacial score (nSPS) is 11.0. The number of halogens is 2. The smallest absolute Gasteiger partial charge is 0.141 e. The lowest BCUT2D eigenvalue weighted by Gasteiger charge is -2.03. The molecule has 0 amide bonds. The molecule has 3 rings (SSSR count). The molecule has 0 radical (unpaired) electrons. The van der Waals surface area contributed by atoms with Gasteiger partial charge in [-0.2, -0.15) is 0 Å². The van der Waals surface area contributed by atoms with E-state index in [0.29, 0.717) is 5.65 Å². The lowest BCUT2D eigenvalue weighted by atomic mass is 10.3. The Morgan fingerprint density at radius 2 is 2.17 bits per heavy atom. The summed E-state index contributed by atoms with van der Waals surface area (Å²) in [4.78, 5) is 8.58. The maximum absolute atomic E-state index is 9.53. The highest BCUT2D eigenvalue weighted by Crippen LogP contribution is 2.27. The Hall–Kier alpha value is -1.59. The van der Waals surface area contributed by atoms with Crippen LogP contribution in [0.5, 0.6) is 5.75 Å². The van der Waals surface area contributed by atoms with Gasteiger partial charge in [0.2, 0.25) is 0 Å². The standard InChI is InChI=1S/C12H7BrClN3O/c13-11-3-1-2-8(16-11)9-5-15-12-4-10(18)7(14)6-17(9)12/h1-6,18H. The number of fused-ring (bicyclic) bond motifs is 1. The van der Waals surface area contributed by atoms with Crippen molar-refractivity contribution in [2.24, 2.45) is 0 Å². The highest BCUT2D eigenvalue weighted by atomic mass is 79.9. The van der Waals surface area contributed by atoms with Crippen LogP contribution in [-0.4, -0.2) is 19.5 Å². The number of imidazole rings is 1. The molecule has 6 heteroatoms. The minimum Gasteiger partial charge on any atom is -0.506 e. The highest BCUT2D eigenvalue weighted by Gasteiger charge is 2.10. The first kappa shape index (κ1) is 11.5. The van der Waals surface area contributed by atoms with Crippen LogP contribution in [0.1, 0.15) is 0 Å². The fourth-order valence-corrected chi connectivity index (χ4v) is 2.22. The second kappa shape index (κ2) is 4.26. The lowest BCUT2D eigenvalue weighted by molar-refractivity contribution is 0.475. The van der Waals surface area contributed by atoms with Crippen molar-refractivity contribution in [2.45, 2.75) is 0 Å².